The Morgan fingerprint density at radius 2 is 1.45 bits per heavy atom. The smallest absolute Gasteiger partial charge is 0.0621 e. The molecule has 0 unspecified atom stereocenters. The highest BCUT2D eigenvalue weighted by Crippen LogP contribution is 2.28. The van der Waals surface area contributed by atoms with Crippen LogP contribution in [0.2, 0.25) is 0 Å². The average molecular weight is 262 g/mol. The minimum Gasteiger partial charge on any atom is -0.376 e. The van der Waals surface area contributed by atoms with Crippen LogP contribution in [0.5, 0.6) is 0 Å². The number of nitrogens with one attached hydrogen (secondary N) is 1. The lowest BCUT2D eigenvalue weighted by atomic mass is 10.1. The Morgan fingerprint density at radius 1 is 0.750 bits per heavy atom. The molecule has 0 heterocycles. The largest absolute Gasteiger partial charge is 0.376 e. The molecule has 3 aromatic carbocycles. The van der Waals surface area contributed by atoms with Crippen molar-refractivity contribution in [3.05, 3.63) is 66.7 Å². The van der Waals surface area contributed by atoms with Crippen molar-refractivity contribution < 1.29 is 0 Å². The molecule has 0 aliphatic rings. The van der Waals surface area contributed by atoms with Crippen LogP contribution < -0.4 is 10.2 Å². The first kappa shape index (κ1) is 12.5. The summed E-state index contributed by atoms with van der Waals surface area (Å²) in [7, 11) is 4.11. The monoisotopic (exact) mass is 262 g/mol. The summed E-state index contributed by atoms with van der Waals surface area (Å²) in [5, 5.41) is 6.02. The summed E-state index contributed by atoms with van der Waals surface area (Å²) in [6.45, 7) is 0. The van der Waals surface area contributed by atoms with E-state index in [1.54, 1.807) is 0 Å². The Balaban J connectivity index is 1.97. The van der Waals surface area contributed by atoms with Gasteiger partial charge >= 0.3 is 0 Å². The number of para-hydroxylation sites is 2. The van der Waals surface area contributed by atoms with Crippen LogP contribution >= 0.6 is 0 Å². The van der Waals surface area contributed by atoms with Gasteiger partial charge in [0.1, 0.15) is 0 Å². The Morgan fingerprint density at radius 3 is 2.25 bits per heavy atom. The van der Waals surface area contributed by atoms with E-state index in [9.17, 15) is 0 Å². The van der Waals surface area contributed by atoms with Crippen LogP contribution in [-0.2, 0) is 0 Å². The molecule has 100 valence electrons. The summed E-state index contributed by atoms with van der Waals surface area (Å²) in [6, 6.07) is 23.2. The van der Waals surface area contributed by atoms with E-state index in [-0.39, 0.29) is 0 Å². The molecule has 2 nitrogen and oxygen atoms in total. The summed E-state index contributed by atoms with van der Waals surface area (Å²) >= 11 is 0. The lowest BCUT2D eigenvalue weighted by molar-refractivity contribution is 1.13. The van der Waals surface area contributed by atoms with Crippen LogP contribution in [0.4, 0.5) is 17.1 Å². The fourth-order valence-electron chi connectivity index (χ4n) is 2.39. The van der Waals surface area contributed by atoms with E-state index in [1.807, 2.05) is 0 Å². The molecule has 0 bridgehead atoms. The Bertz CT molecular complexity index is 732. The molecule has 3 aromatic rings. The van der Waals surface area contributed by atoms with Gasteiger partial charge < -0.3 is 10.2 Å². The molecule has 0 radical (unpaired) electrons. The first-order chi connectivity index (χ1) is 9.74. The van der Waals surface area contributed by atoms with Gasteiger partial charge in [-0.15, -0.1) is 0 Å². The van der Waals surface area contributed by atoms with Gasteiger partial charge in [-0.1, -0.05) is 42.5 Å². The number of nitrogens with zero attached hydrogens (tertiary/aromatic N) is 1. The van der Waals surface area contributed by atoms with Crippen molar-refractivity contribution in [1.29, 1.82) is 0 Å². The summed E-state index contributed by atoms with van der Waals surface area (Å²) < 4.78 is 0. The van der Waals surface area contributed by atoms with Crippen LogP contribution in [-0.4, -0.2) is 14.1 Å². The molecule has 0 aliphatic carbocycles. The third-order valence-corrected chi connectivity index (χ3v) is 3.41. The molecule has 0 fully saturated rings. The van der Waals surface area contributed by atoms with Crippen molar-refractivity contribution >= 4 is 27.8 Å². The predicted molar refractivity (Wildman–Crippen MR) is 88.0 cm³/mol. The second kappa shape index (κ2) is 5.25. The van der Waals surface area contributed by atoms with Gasteiger partial charge in [-0.05, 0) is 35.0 Å². The molecule has 0 saturated carbocycles. The van der Waals surface area contributed by atoms with Crippen molar-refractivity contribution in [3.63, 3.8) is 0 Å². The lowest BCUT2D eigenvalue weighted by Crippen LogP contribution is -2.10. The Labute approximate surface area is 119 Å². The number of hydrogen-bond donors (Lipinski definition) is 1. The zero-order valence-electron chi connectivity index (χ0n) is 11.8. The number of anilines is 3. The second-order valence-corrected chi connectivity index (χ2v) is 5.10. The summed E-state index contributed by atoms with van der Waals surface area (Å²) in [4.78, 5) is 2.11. The van der Waals surface area contributed by atoms with E-state index in [0.717, 1.165) is 11.4 Å². The second-order valence-electron chi connectivity index (χ2n) is 5.10. The quantitative estimate of drug-likeness (QED) is 0.739. The Hall–Kier alpha value is -2.48. The topological polar surface area (TPSA) is 15.3 Å². The lowest BCUT2D eigenvalue weighted by Gasteiger charge is -2.18. The molecule has 0 aromatic heterocycles. The van der Waals surface area contributed by atoms with Crippen LogP contribution in [0.3, 0.4) is 0 Å². The number of rotatable bonds is 3. The third-order valence-electron chi connectivity index (χ3n) is 3.41. The van der Waals surface area contributed by atoms with Crippen molar-refractivity contribution in [2.45, 2.75) is 0 Å². The molecule has 0 saturated heterocycles. The van der Waals surface area contributed by atoms with Crippen molar-refractivity contribution in [2.75, 3.05) is 24.3 Å². The van der Waals surface area contributed by atoms with E-state index in [4.69, 9.17) is 0 Å². The van der Waals surface area contributed by atoms with Gasteiger partial charge in [0.15, 0.2) is 0 Å². The molecule has 0 amide bonds. The van der Waals surface area contributed by atoms with Gasteiger partial charge in [-0.25, -0.2) is 0 Å². The molecular weight excluding hydrogens is 244 g/mol. The third kappa shape index (κ3) is 2.45. The minimum absolute atomic E-state index is 1.11. The maximum absolute atomic E-state index is 3.50. The number of hydrogen-bond acceptors (Lipinski definition) is 2. The van der Waals surface area contributed by atoms with Gasteiger partial charge in [0.25, 0.3) is 0 Å². The fraction of sp³-hybridized carbons (Fsp3) is 0.111. The zero-order valence-corrected chi connectivity index (χ0v) is 11.8. The summed E-state index contributed by atoms with van der Waals surface area (Å²) in [5.74, 6) is 0. The summed E-state index contributed by atoms with van der Waals surface area (Å²) in [6.07, 6.45) is 0. The van der Waals surface area contributed by atoms with Gasteiger partial charge in [0, 0.05) is 19.8 Å². The normalized spacial score (nSPS) is 10.5. The number of benzene rings is 3. The summed E-state index contributed by atoms with van der Waals surface area (Å²) in [5.41, 5.74) is 3.41. The minimum atomic E-state index is 1.11. The Kier molecular flexibility index (Phi) is 3.30. The van der Waals surface area contributed by atoms with Gasteiger partial charge in [-0.2, -0.15) is 0 Å². The fourth-order valence-corrected chi connectivity index (χ4v) is 2.39. The maximum Gasteiger partial charge on any atom is 0.0621 e. The molecule has 3 rings (SSSR count). The maximum atomic E-state index is 3.50. The van der Waals surface area contributed by atoms with Gasteiger partial charge in [0.05, 0.1) is 11.4 Å². The van der Waals surface area contributed by atoms with Crippen LogP contribution in [0.1, 0.15) is 0 Å². The highest BCUT2D eigenvalue weighted by molar-refractivity contribution is 5.87. The number of fused-ring (bicyclic) bond motifs is 1. The highest BCUT2D eigenvalue weighted by atomic mass is 15.1. The molecule has 0 spiro atoms. The first-order valence-electron chi connectivity index (χ1n) is 6.76. The van der Waals surface area contributed by atoms with E-state index in [0.29, 0.717) is 0 Å². The molecule has 20 heavy (non-hydrogen) atoms. The molecule has 1 N–H and O–H groups in total. The molecule has 0 aliphatic heterocycles. The van der Waals surface area contributed by atoms with E-state index >= 15 is 0 Å². The highest BCUT2D eigenvalue weighted by Gasteiger charge is 2.04. The van der Waals surface area contributed by atoms with Crippen LogP contribution in [0, 0.1) is 0 Å². The van der Waals surface area contributed by atoms with Gasteiger partial charge in [0.2, 0.25) is 0 Å². The van der Waals surface area contributed by atoms with Crippen LogP contribution in [0.15, 0.2) is 66.7 Å². The molecule has 2 heteroatoms. The van der Waals surface area contributed by atoms with E-state index in [1.165, 1.54) is 16.5 Å². The SMILES string of the molecule is CN(C)c1ccccc1Nc1ccc2ccccc2c1. The van der Waals surface area contributed by atoms with E-state index < -0.39 is 0 Å². The van der Waals surface area contributed by atoms with Crippen LogP contribution in [0.25, 0.3) is 10.8 Å². The van der Waals surface area contributed by atoms with Gasteiger partial charge in [-0.3, -0.25) is 0 Å². The molecule has 0 atom stereocenters. The standard InChI is InChI=1S/C18H18N2/c1-20(2)18-10-6-5-9-17(18)19-16-12-11-14-7-3-4-8-15(14)13-16/h3-13,19H,1-2H3. The average Bonchev–Trinajstić information content (AvgIpc) is 2.47. The van der Waals surface area contributed by atoms with Crippen molar-refractivity contribution in [2.24, 2.45) is 0 Å². The van der Waals surface area contributed by atoms with Crippen molar-refractivity contribution in [1.82, 2.24) is 0 Å². The predicted octanol–water partition coefficient (Wildman–Crippen LogP) is 4.65. The van der Waals surface area contributed by atoms with Crippen molar-refractivity contribution in [3.8, 4) is 0 Å². The van der Waals surface area contributed by atoms with E-state index in [2.05, 4.69) is 91.0 Å². The molecular formula is C18H18N2. The zero-order chi connectivity index (χ0) is 13.9. The first-order valence-corrected chi connectivity index (χ1v) is 6.76.